The van der Waals surface area contributed by atoms with E-state index >= 15 is 0 Å². The first-order valence-corrected chi connectivity index (χ1v) is 5.38. The van der Waals surface area contributed by atoms with Gasteiger partial charge >= 0.3 is 5.97 Å². The number of carboxylic acids is 1. The number of rotatable bonds is 4. The summed E-state index contributed by atoms with van der Waals surface area (Å²) in [5.41, 5.74) is 5.67. The first kappa shape index (κ1) is 12.7. The maximum Gasteiger partial charge on any atom is 0.323 e. The fourth-order valence-corrected chi connectivity index (χ4v) is 1.78. The second-order valence-electron chi connectivity index (χ2n) is 4.34. The Morgan fingerprint density at radius 2 is 2.12 bits per heavy atom. The quantitative estimate of drug-likeness (QED) is 0.671. The van der Waals surface area contributed by atoms with Crippen molar-refractivity contribution in [1.29, 1.82) is 0 Å². The van der Waals surface area contributed by atoms with E-state index in [1.165, 1.54) is 4.90 Å². The van der Waals surface area contributed by atoms with Gasteiger partial charge in [-0.25, -0.2) is 0 Å². The first-order chi connectivity index (χ1) is 7.41. The molecule has 3 N–H and O–H groups in total. The number of nitrogens with two attached hydrogens (primary N) is 1. The van der Waals surface area contributed by atoms with Gasteiger partial charge < -0.3 is 15.7 Å². The van der Waals surface area contributed by atoms with Crippen LogP contribution in [0.15, 0.2) is 12.2 Å². The largest absolute Gasteiger partial charge is 0.480 e. The molecule has 1 rings (SSSR count). The van der Waals surface area contributed by atoms with Crippen LogP contribution in [0.4, 0.5) is 0 Å². The van der Waals surface area contributed by atoms with E-state index in [1.54, 1.807) is 26.0 Å². The zero-order valence-electron chi connectivity index (χ0n) is 9.59. The molecule has 0 aliphatic heterocycles. The van der Waals surface area contributed by atoms with Gasteiger partial charge in [-0.2, -0.15) is 0 Å². The Hall–Kier alpha value is -1.36. The molecule has 5 heteroatoms. The lowest BCUT2D eigenvalue weighted by Gasteiger charge is -2.27. The van der Waals surface area contributed by atoms with Gasteiger partial charge in [0.05, 0.1) is 5.92 Å². The molecule has 0 saturated heterocycles. The van der Waals surface area contributed by atoms with E-state index in [2.05, 4.69) is 0 Å². The molecule has 1 aliphatic carbocycles. The second kappa shape index (κ2) is 5.12. The van der Waals surface area contributed by atoms with E-state index in [0.717, 1.165) is 0 Å². The molecule has 0 spiro atoms. The first-order valence-electron chi connectivity index (χ1n) is 5.38. The van der Waals surface area contributed by atoms with Crippen LogP contribution < -0.4 is 5.73 Å². The highest BCUT2D eigenvalue weighted by Crippen LogP contribution is 2.20. The van der Waals surface area contributed by atoms with Gasteiger partial charge in [0.25, 0.3) is 0 Å². The van der Waals surface area contributed by atoms with Crippen molar-refractivity contribution in [3.63, 3.8) is 0 Å². The highest BCUT2D eigenvalue weighted by Gasteiger charge is 2.29. The van der Waals surface area contributed by atoms with Crippen LogP contribution in [0.2, 0.25) is 0 Å². The molecule has 90 valence electrons. The van der Waals surface area contributed by atoms with Gasteiger partial charge in [-0.3, -0.25) is 9.59 Å². The molecule has 1 aliphatic rings. The number of hydrogen-bond acceptors (Lipinski definition) is 3. The summed E-state index contributed by atoms with van der Waals surface area (Å²) in [6, 6.07) is -0.207. The fraction of sp³-hybridized carbons (Fsp3) is 0.636. The van der Waals surface area contributed by atoms with Crippen LogP contribution in [0.3, 0.4) is 0 Å². The van der Waals surface area contributed by atoms with Crippen molar-refractivity contribution in [3.05, 3.63) is 12.2 Å². The van der Waals surface area contributed by atoms with E-state index < -0.39 is 5.97 Å². The summed E-state index contributed by atoms with van der Waals surface area (Å²) in [6.07, 6.45) is 4.13. The summed E-state index contributed by atoms with van der Waals surface area (Å²) in [4.78, 5) is 24.1. The topological polar surface area (TPSA) is 83.6 Å². The van der Waals surface area contributed by atoms with Crippen molar-refractivity contribution in [3.8, 4) is 0 Å². The zero-order valence-corrected chi connectivity index (χ0v) is 9.59. The zero-order chi connectivity index (χ0) is 12.3. The highest BCUT2D eigenvalue weighted by molar-refractivity contribution is 5.85. The molecule has 0 aromatic heterocycles. The molecule has 0 bridgehead atoms. The number of hydrogen-bond donors (Lipinski definition) is 2. The van der Waals surface area contributed by atoms with Crippen molar-refractivity contribution < 1.29 is 14.7 Å². The number of amides is 1. The number of aliphatic carboxylic acids is 1. The summed E-state index contributed by atoms with van der Waals surface area (Å²) >= 11 is 0. The summed E-state index contributed by atoms with van der Waals surface area (Å²) in [7, 11) is 0. The van der Waals surface area contributed by atoms with Crippen LogP contribution in [-0.2, 0) is 9.59 Å². The van der Waals surface area contributed by atoms with Crippen LogP contribution in [0.25, 0.3) is 0 Å². The van der Waals surface area contributed by atoms with E-state index in [4.69, 9.17) is 10.8 Å². The van der Waals surface area contributed by atoms with E-state index in [9.17, 15) is 9.59 Å². The minimum absolute atomic E-state index is 0.0900. The van der Waals surface area contributed by atoms with Crippen LogP contribution in [0.1, 0.15) is 20.3 Å². The third-order valence-electron chi connectivity index (χ3n) is 2.65. The molecule has 0 aromatic rings. The lowest BCUT2D eigenvalue weighted by Crippen LogP contribution is -2.43. The predicted molar refractivity (Wildman–Crippen MR) is 59.7 cm³/mol. The fourth-order valence-electron chi connectivity index (χ4n) is 1.78. The average molecular weight is 226 g/mol. The molecule has 0 heterocycles. The average Bonchev–Trinajstić information content (AvgIpc) is 2.59. The van der Waals surface area contributed by atoms with Gasteiger partial charge in [0.15, 0.2) is 0 Å². The van der Waals surface area contributed by atoms with Crippen LogP contribution in [0, 0.1) is 5.92 Å². The van der Waals surface area contributed by atoms with Gasteiger partial charge in [-0.1, -0.05) is 12.2 Å². The third-order valence-corrected chi connectivity index (χ3v) is 2.65. The standard InChI is InChI=1S/C11H18N2O3/c1-7(2)13(6-10(14)15)11(16)8-3-4-9(12)5-8/h3-4,7-9H,5-6,12H2,1-2H3,(H,14,15). The molecule has 0 fully saturated rings. The van der Waals surface area contributed by atoms with Gasteiger partial charge in [0, 0.05) is 12.1 Å². The van der Waals surface area contributed by atoms with Gasteiger partial charge in [-0.05, 0) is 20.3 Å². The second-order valence-corrected chi connectivity index (χ2v) is 4.34. The van der Waals surface area contributed by atoms with Crippen molar-refractivity contribution in [2.75, 3.05) is 6.54 Å². The summed E-state index contributed by atoms with van der Waals surface area (Å²) in [6.45, 7) is 3.36. The van der Waals surface area contributed by atoms with E-state index in [0.29, 0.717) is 6.42 Å². The predicted octanol–water partition coefficient (Wildman–Crippen LogP) is 0.211. The lowest BCUT2D eigenvalue weighted by atomic mass is 10.1. The van der Waals surface area contributed by atoms with Gasteiger partial charge in [-0.15, -0.1) is 0 Å². The Morgan fingerprint density at radius 3 is 2.50 bits per heavy atom. The Bertz CT molecular complexity index is 312. The molecule has 2 unspecified atom stereocenters. The lowest BCUT2D eigenvalue weighted by molar-refractivity contribution is -0.147. The Kier molecular flexibility index (Phi) is 4.06. The van der Waals surface area contributed by atoms with Crippen molar-refractivity contribution in [2.24, 2.45) is 11.7 Å². The molecular formula is C11H18N2O3. The maximum atomic E-state index is 12.0. The molecule has 0 aromatic carbocycles. The maximum absolute atomic E-state index is 12.0. The van der Waals surface area contributed by atoms with Gasteiger partial charge in [0.1, 0.15) is 6.54 Å². The van der Waals surface area contributed by atoms with Crippen LogP contribution in [0.5, 0.6) is 0 Å². The molecule has 0 saturated carbocycles. The molecular weight excluding hydrogens is 208 g/mol. The Labute approximate surface area is 94.9 Å². The number of nitrogens with zero attached hydrogens (tertiary/aromatic N) is 1. The Morgan fingerprint density at radius 1 is 1.50 bits per heavy atom. The highest BCUT2D eigenvalue weighted by atomic mass is 16.4. The van der Waals surface area contributed by atoms with E-state index in [1.807, 2.05) is 0 Å². The minimum atomic E-state index is -0.992. The van der Waals surface area contributed by atoms with Crippen molar-refractivity contribution >= 4 is 11.9 Å². The number of carbonyl (C=O) groups excluding carboxylic acids is 1. The van der Waals surface area contributed by atoms with Crippen LogP contribution >= 0.6 is 0 Å². The molecule has 1 amide bonds. The smallest absolute Gasteiger partial charge is 0.323 e. The van der Waals surface area contributed by atoms with E-state index in [-0.39, 0.29) is 30.5 Å². The van der Waals surface area contributed by atoms with Crippen LogP contribution in [-0.4, -0.2) is 40.5 Å². The van der Waals surface area contributed by atoms with Crippen molar-refractivity contribution in [1.82, 2.24) is 4.90 Å². The van der Waals surface area contributed by atoms with Gasteiger partial charge in [0.2, 0.25) is 5.91 Å². The summed E-state index contributed by atoms with van der Waals surface area (Å²) < 4.78 is 0. The number of carbonyl (C=O) groups is 2. The molecule has 5 nitrogen and oxygen atoms in total. The number of carboxylic acid groups (broad SMARTS) is 1. The SMILES string of the molecule is CC(C)N(CC(=O)O)C(=O)C1C=CC(N)C1. The third kappa shape index (κ3) is 3.06. The molecule has 2 atom stereocenters. The summed E-state index contributed by atoms with van der Waals surface area (Å²) in [5.74, 6) is -1.41. The van der Waals surface area contributed by atoms with Crippen molar-refractivity contribution in [2.45, 2.75) is 32.4 Å². The molecule has 16 heavy (non-hydrogen) atoms. The monoisotopic (exact) mass is 226 g/mol. The normalized spacial score (nSPS) is 23.8. The molecule has 0 radical (unpaired) electrons. The minimum Gasteiger partial charge on any atom is -0.480 e. The summed E-state index contributed by atoms with van der Waals surface area (Å²) in [5, 5.41) is 8.74. The Balaban J connectivity index is 2.68.